The smallest absolute Gasteiger partial charge is 0.203 e. The summed E-state index contributed by atoms with van der Waals surface area (Å²) in [6.45, 7) is 4.40. The van der Waals surface area contributed by atoms with E-state index in [1.807, 2.05) is 12.4 Å². The average molecular weight is 257 g/mol. The van der Waals surface area contributed by atoms with E-state index in [9.17, 15) is 0 Å². The number of fused-ring (bicyclic) bond motifs is 2. The van der Waals surface area contributed by atoms with Crippen molar-refractivity contribution in [1.82, 2.24) is 19.6 Å². The maximum absolute atomic E-state index is 4.57. The Labute approximate surface area is 112 Å². The summed E-state index contributed by atoms with van der Waals surface area (Å²) >= 11 is 0. The third-order valence-electron chi connectivity index (χ3n) is 4.72. The number of anilines is 1. The molecule has 1 saturated carbocycles. The van der Waals surface area contributed by atoms with Crippen LogP contribution in [0.5, 0.6) is 0 Å². The van der Waals surface area contributed by atoms with Crippen LogP contribution in [0.15, 0.2) is 12.4 Å². The maximum atomic E-state index is 4.57. The quantitative estimate of drug-likeness (QED) is 0.824. The first-order valence-corrected chi connectivity index (χ1v) is 7.30. The first-order valence-electron chi connectivity index (χ1n) is 7.30. The van der Waals surface area contributed by atoms with Gasteiger partial charge in [0.25, 0.3) is 0 Å². The Hall–Kier alpha value is -1.65. The van der Waals surface area contributed by atoms with Crippen LogP contribution in [0.2, 0.25) is 0 Å². The Morgan fingerprint density at radius 2 is 2.00 bits per heavy atom. The Kier molecular flexibility index (Phi) is 2.47. The van der Waals surface area contributed by atoms with Crippen LogP contribution in [-0.2, 0) is 6.42 Å². The van der Waals surface area contributed by atoms with Crippen molar-refractivity contribution in [1.29, 1.82) is 0 Å². The van der Waals surface area contributed by atoms with E-state index in [1.54, 1.807) is 0 Å². The van der Waals surface area contributed by atoms with Crippen LogP contribution in [0.4, 0.5) is 5.82 Å². The van der Waals surface area contributed by atoms with E-state index >= 15 is 0 Å². The molecule has 0 aromatic carbocycles. The minimum Gasteiger partial charge on any atom is -0.353 e. The van der Waals surface area contributed by atoms with Gasteiger partial charge in [-0.1, -0.05) is 13.3 Å². The van der Waals surface area contributed by atoms with E-state index < -0.39 is 0 Å². The second kappa shape index (κ2) is 4.18. The molecule has 2 atom stereocenters. The zero-order valence-electron chi connectivity index (χ0n) is 11.3. The van der Waals surface area contributed by atoms with E-state index in [4.69, 9.17) is 0 Å². The van der Waals surface area contributed by atoms with Crippen molar-refractivity contribution in [3.8, 4) is 0 Å². The van der Waals surface area contributed by atoms with E-state index in [0.717, 1.165) is 48.6 Å². The minimum atomic E-state index is 0.871. The summed E-state index contributed by atoms with van der Waals surface area (Å²) in [5.41, 5.74) is 0.916. The summed E-state index contributed by atoms with van der Waals surface area (Å²) in [6, 6.07) is 0. The molecule has 1 saturated heterocycles. The minimum absolute atomic E-state index is 0.871. The van der Waals surface area contributed by atoms with Crippen molar-refractivity contribution < 1.29 is 0 Å². The highest BCUT2D eigenvalue weighted by atomic mass is 15.3. The molecule has 2 fully saturated rings. The number of hydrogen-bond donors (Lipinski definition) is 0. The molecule has 0 spiro atoms. The van der Waals surface area contributed by atoms with Crippen LogP contribution in [0.25, 0.3) is 5.65 Å². The molecule has 1 aliphatic carbocycles. The van der Waals surface area contributed by atoms with Crippen molar-refractivity contribution in [2.24, 2.45) is 11.8 Å². The molecule has 2 aliphatic rings. The van der Waals surface area contributed by atoms with Crippen molar-refractivity contribution in [3.05, 3.63) is 18.2 Å². The molecule has 0 N–H and O–H groups in total. The van der Waals surface area contributed by atoms with Gasteiger partial charge in [-0.15, -0.1) is 10.2 Å². The van der Waals surface area contributed by atoms with E-state index in [0.29, 0.717) is 0 Å². The monoisotopic (exact) mass is 257 g/mol. The number of nitrogens with zero attached hydrogens (tertiary/aromatic N) is 5. The van der Waals surface area contributed by atoms with Crippen LogP contribution in [0.3, 0.4) is 0 Å². The SMILES string of the molecule is CCc1nnc2c(N3CC4CCCC4C3)nccn12. The van der Waals surface area contributed by atoms with Gasteiger partial charge in [0.2, 0.25) is 5.65 Å². The number of hydrogen-bond acceptors (Lipinski definition) is 4. The molecule has 1 aliphatic heterocycles. The van der Waals surface area contributed by atoms with Gasteiger partial charge in [0.05, 0.1) is 0 Å². The standard InChI is InChI=1S/C14H19N5/c1-2-12-16-17-14-13(15-6-7-19(12)14)18-8-10-4-3-5-11(10)9-18/h6-7,10-11H,2-5,8-9H2,1H3. The van der Waals surface area contributed by atoms with E-state index in [1.165, 1.54) is 19.3 Å². The van der Waals surface area contributed by atoms with Gasteiger partial charge < -0.3 is 4.90 Å². The molecule has 3 heterocycles. The molecule has 19 heavy (non-hydrogen) atoms. The Balaban J connectivity index is 1.73. The second-order valence-electron chi connectivity index (χ2n) is 5.77. The van der Waals surface area contributed by atoms with Gasteiger partial charge in [0.15, 0.2) is 5.82 Å². The fourth-order valence-electron chi connectivity index (χ4n) is 3.73. The number of aryl methyl sites for hydroxylation is 1. The van der Waals surface area contributed by atoms with Crippen LogP contribution in [0.1, 0.15) is 32.0 Å². The van der Waals surface area contributed by atoms with Crippen molar-refractivity contribution in [3.63, 3.8) is 0 Å². The predicted molar refractivity (Wildman–Crippen MR) is 73.2 cm³/mol. The first kappa shape index (κ1) is 11.2. The summed E-state index contributed by atoms with van der Waals surface area (Å²) in [7, 11) is 0. The Morgan fingerprint density at radius 1 is 1.21 bits per heavy atom. The summed E-state index contributed by atoms with van der Waals surface area (Å²) in [4.78, 5) is 6.98. The molecule has 5 heteroatoms. The van der Waals surface area contributed by atoms with E-state index in [-0.39, 0.29) is 0 Å². The lowest BCUT2D eigenvalue weighted by Crippen LogP contribution is -2.22. The number of aromatic nitrogens is 4. The van der Waals surface area contributed by atoms with Gasteiger partial charge >= 0.3 is 0 Å². The van der Waals surface area contributed by atoms with E-state index in [2.05, 4.69) is 31.4 Å². The van der Waals surface area contributed by atoms with Gasteiger partial charge in [-0.3, -0.25) is 4.40 Å². The summed E-state index contributed by atoms with van der Waals surface area (Å²) in [5.74, 6) is 3.77. The normalized spacial score (nSPS) is 26.3. The van der Waals surface area contributed by atoms with Crippen LogP contribution in [-0.4, -0.2) is 32.7 Å². The van der Waals surface area contributed by atoms with Gasteiger partial charge in [0.1, 0.15) is 5.82 Å². The van der Waals surface area contributed by atoms with Crippen LogP contribution < -0.4 is 4.90 Å². The zero-order valence-corrected chi connectivity index (χ0v) is 11.3. The highest BCUT2D eigenvalue weighted by Crippen LogP contribution is 2.39. The maximum Gasteiger partial charge on any atom is 0.203 e. The summed E-state index contributed by atoms with van der Waals surface area (Å²) < 4.78 is 2.08. The predicted octanol–water partition coefficient (Wildman–Crippen LogP) is 1.92. The average Bonchev–Trinajstić information content (AvgIpc) is 3.11. The largest absolute Gasteiger partial charge is 0.353 e. The third kappa shape index (κ3) is 1.64. The zero-order chi connectivity index (χ0) is 12.8. The van der Waals surface area contributed by atoms with Gasteiger partial charge in [-0.25, -0.2) is 4.98 Å². The van der Waals surface area contributed by atoms with Gasteiger partial charge in [0, 0.05) is 31.9 Å². The first-order chi connectivity index (χ1) is 9.36. The van der Waals surface area contributed by atoms with Gasteiger partial charge in [-0.2, -0.15) is 0 Å². The molecular formula is C14H19N5. The summed E-state index contributed by atoms with van der Waals surface area (Å²) in [5, 5.41) is 8.60. The molecular weight excluding hydrogens is 238 g/mol. The van der Waals surface area contributed by atoms with Crippen molar-refractivity contribution >= 4 is 11.5 Å². The molecule has 5 nitrogen and oxygen atoms in total. The molecule has 100 valence electrons. The highest BCUT2D eigenvalue weighted by molar-refractivity contribution is 5.64. The van der Waals surface area contributed by atoms with Crippen molar-refractivity contribution in [2.45, 2.75) is 32.6 Å². The molecule has 2 aromatic rings. The molecule has 2 aromatic heterocycles. The molecule has 0 amide bonds. The molecule has 2 unspecified atom stereocenters. The molecule has 0 radical (unpaired) electrons. The third-order valence-corrected chi connectivity index (χ3v) is 4.72. The fourth-order valence-corrected chi connectivity index (χ4v) is 3.73. The lowest BCUT2D eigenvalue weighted by molar-refractivity contribution is 0.494. The molecule has 4 rings (SSSR count). The molecule has 0 bridgehead atoms. The number of rotatable bonds is 2. The van der Waals surface area contributed by atoms with Gasteiger partial charge in [-0.05, 0) is 24.7 Å². The Bertz CT molecular complexity index is 593. The van der Waals surface area contributed by atoms with Crippen LogP contribution >= 0.6 is 0 Å². The fraction of sp³-hybridized carbons (Fsp3) is 0.643. The highest BCUT2D eigenvalue weighted by Gasteiger charge is 2.37. The summed E-state index contributed by atoms with van der Waals surface area (Å²) in [6.07, 6.45) is 8.92. The lowest BCUT2D eigenvalue weighted by Gasteiger charge is -2.18. The van der Waals surface area contributed by atoms with Crippen LogP contribution in [0, 0.1) is 11.8 Å². The Morgan fingerprint density at radius 3 is 2.74 bits per heavy atom. The second-order valence-corrected chi connectivity index (χ2v) is 5.77. The lowest BCUT2D eigenvalue weighted by atomic mass is 10.0. The van der Waals surface area contributed by atoms with Crippen molar-refractivity contribution in [2.75, 3.05) is 18.0 Å². The topological polar surface area (TPSA) is 46.3 Å².